The molecule has 2 heterocycles. The lowest BCUT2D eigenvalue weighted by Crippen LogP contribution is -1.98. The number of aryl methyl sites for hydroxylation is 2. The molecule has 3 rings (SSSR count). The van der Waals surface area contributed by atoms with Gasteiger partial charge in [-0.3, -0.25) is 4.79 Å². The zero-order chi connectivity index (χ0) is 15.7. The Bertz CT molecular complexity index is 846. The summed E-state index contributed by atoms with van der Waals surface area (Å²) in [5, 5.41) is 0. The summed E-state index contributed by atoms with van der Waals surface area (Å²) in [6.45, 7) is 6.71. The van der Waals surface area contributed by atoms with Crippen molar-refractivity contribution < 1.29 is 9.53 Å². The summed E-state index contributed by atoms with van der Waals surface area (Å²) in [7, 11) is 0. The van der Waals surface area contributed by atoms with E-state index in [-0.39, 0.29) is 0 Å². The van der Waals surface area contributed by atoms with Crippen LogP contribution in [0.1, 0.15) is 28.5 Å². The maximum Gasteiger partial charge on any atom is 0.167 e. The van der Waals surface area contributed by atoms with E-state index in [1.807, 2.05) is 47.9 Å². The van der Waals surface area contributed by atoms with Gasteiger partial charge in [-0.15, -0.1) is 0 Å². The van der Waals surface area contributed by atoms with Crippen LogP contribution in [0.15, 0.2) is 42.6 Å². The molecule has 0 aliphatic heterocycles. The average Bonchev–Trinajstić information content (AvgIpc) is 2.89. The molecule has 0 radical (unpaired) electrons. The van der Waals surface area contributed by atoms with Gasteiger partial charge in [0.1, 0.15) is 5.75 Å². The van der Waals surface area contributed by atoms with E-state index in [1.165, 1.54) is 11.1 Å². The van der Waals surface area contributed by atoms with Crippen LogP contribution in [0.25, 0.3) is 16.6 Å². The van der Waals surface area contributed by atoms with Gasteiger partial charge >= 0.3 is 0 Å². The lowest BCUT2D eigenvalue weighted by Gasteiger charge is -2.13. The SMILES string of the molecule is CCOc1cc(C)c(C)cc1-c1cc2ccccn2c1C=O. The molecule has 0 amide bonds. The summed E-state index contributed by atoms with van der Waals surface area (Å²) < 4.78 is 7.71. The first-order chi connectivity index (χ1) is 10.7. The second-order valence-corrected chi connectivity index (χ2v) is 5.42. The Kier molecular flexibility index (Phi) is 3.72. The van der Waals surface area contributed by atoms with Crippen molar-refractivity contribution in [2.24, 2.45) is 0 Å². The van der Waals surface area contributed by atoms with Gasteiger partial charge in [0.15, 0.2) is 6.29 Å². The minimum atomic E-state index is 0.597. The molecule has 0 saturated carbocycles. The first kappa shape index (κ1) is 14.4. The van der Waals surface area contributed by atoms with Crippen LogP contribution in [0.2, 0.25) is 0 Å². The summed E-state index contributed by atoms with van der Waals surface area (Å²) in [4.78, 5) is 11.6. The van der Waals surface area contributed by atoms with Crippen LogP contribution >= 0.6 is 0 Å². The monoisotopic (exact) mass is 293 g/mol. The topological polar surface area (TPSA) is 30.7 Å². The van der Waals surface area contributed by atoms with E-state index >= 15 is 0 Å². The van der Waals surface area contributed by atoms with Crippen LogP contribution in [0, 0.1) is 13.8 Å². The van der Waals surface area contributed by atoms with E-state index in [0.29, 0.717) is 12.3 Å². The molecule has 0 unspecified atom stereocenters. The van der Waals surface area contributed by atoms with Crippen molar-refractivity contribution >= 4 is 11.8 Å². The molecule has 0 bridgehead atoms. The number of carbonyl (C=O) groups excluding carboxylic acids is 1. The number of fused-ring (bicyclic) bond motifs is 1. The standard InChI is InChI=1S/C19H19NO2/c1-4-22-19-10-14(3)13(2)9-17(19)16-11-15-7-5-6-8-20(15)18(16)12-21/h5-12H,4H2,1-3H3. The van der Waals surface area contributed by atoms with Crippen LogP contribution in [0.4, 0.5) is 0 Å². The normalized spacial score (nSPS) is 10.9. The number of pyridine rings is 1. The Morgan fingerprint density at radius 3 is 2.59 bits per heavy atom. The number of hydrogen-bond acceptors (Lipinski definition) is 2. The molecule has 0 N–H and O–H groups in total. The predicted molar refractivity (Wildman–Crippen MR) is 88.9 cm³/mol. The number of aromatic nitrogens is 1. The number of ether oxygens (including phenoxy) is 1. The second-order valence-electron chi connectivity index (χ2n) is 5.42. The smallest absolute Gasteiger partial charge is 0.167 e. The summed E-state index contributed by atoms with van der Waals surface area (Å²) >= 11 is 0. The third-order valence-corrected chi connectivity index (χ3v) is 4.02. The predicted octanol–water partition coefficient (Wildman–Crippen LogP) is 4.43. The zero-order valence-corrected chi connectivity index (χ0v) is 13.1. The molecule has 3 nitrogen and oxygen atoms in total. The summed E-state index contributed by atoms with van der Waals surface area (Å²) in [6, 6.07) is 12.1. The van der Waals surface area contributed by atoms with Gasteiger partial charge in [0, 0.05) is 22.8 Å². The summed E-state index contributed by atoms with van der Waals surface area (Å²) in [5.41, 5.74) is 5.90. The van der Waals surface area contributed by atoms with Gasteiger partial charge in [-0.25, -0.2) is 0 Å². The third-order valence-electron chi connectivity index (χ3n) is 4.02. The molecule has 112 valence electrons. The fourth-order valence-electron chi connectivity index (χ4n) is 2.76. The van der Waals surface area contributed by atoms with E-state index < -0.39 is 0 Å². The van der Waals surface area contributed by atoms with Crippen molar-refractivity contribution in [3.8, 4) is 16.9 Å². The lowest BCUT2D eigenvalue weighted by atomic mass is 9.99. The molecule has 0 aliphatic rings. The Labute approximate surface area is 130 Å². The lowest BCUT2D eigenvalue weighted by molar-refractivity contribution is 0.111. The molecule has 0 spiro atoms. The molecule has 3 aromatic rings. The van der Waals surface area contributed by atoms with Gasteiger partial charge in [-0.05, 0) is 62.2 Å². The number of nitrogens with zero attached hydrogens (tertiary/aromatic N) is 1. The minimum absolute atomic E-state index is 0.597. The highest BCUT2D eigenvalue weighted by Crippen LogP contribution is 2.36. The third kappa shape index (κ3) is 2.29. The molecule has 3 heteroatoms. The molecule has 0 saturated heterocycles. The second kappa shape index (κ2) is 5.68. The van der Waals surface area contributed by atoms with Gasteiger partial charge in [-0.2, -0.15) is 0 Å². The molecule has 22 heavy (non-hydrogen) atoms. The average molecular weight is 293 g/mol. The highest BCUT2D eigenvalue weighted by atomic mass is 16.5. The Hall–Kier alpha value is -2.55. The van der Waals surface area contributed by atoms with E-state index in [9.17, 15) is 4.79 Å². The molecular formula is C19H19NO2. The van der Waals surface area contributed by atoms with Gasteiger partial charge < -0.3 is 9.14 Å². The molecule has 0 aliphatic carbocycles. The fourth-order valence-corrected chi connectivity index (χ4v) is 2.76. The largest absolute Gasteiger partial charge is 0.493 e. The molecule has 0 atom stereocenters. The van der Waals surface area contributed by atoms with Crippen molar-refractivity contribution in [2.75, 3.05) is 6.61 Å². The molecule has 0 fully saturated rings. The van der Waals surface area contributed by atoms with E-state index in [1.54, 1.807) is 0 Å². The van der Waals surface area contributed by atoms with Crippen molar-refractivity contribution in [3.05, 3.63) is 59.4 Å². The number of hydrogen-bond donors (Lipinski definition) is 0. The van der Waals surface area contributed by atoms with Crippen LogP contribution in [0.5, 0.6) is 5.75 Å². The van der Waals surface area contributed by atoms with Crippen LogP contribution < -0.4 is 4.74 Å². The molecule has 1 aromatic carbocycles. The van der Waals surface area contributed by atoms with Crippen molar-refractivity contribution in [2.45, 2.75) is 20.8 Å². The highest BCUT2D eigenvalue weighted by molar-refractivity contribution is 5.91. The number of carbonyl (C=O) groups is 1. The first-order valence-electron chi connectivity index (χ1n) is 7.45. The summed E-state index contributed by atoms with van der Waals surface area (Å²) in [5.74, 6) is 0.824. The Morgan fingerprint density at radius 2 is 1.86 bits per heavy atom. The summed E-state index contributed by atoms with van der Waals surface area (Å²) in [6.07, 6.45) is 2.82. The van der Waals surface area contributed by atoms with Crippen LogP contribution in [0.3, 0.4) is 0 Å². The van der Waals surface area contributed by atoms with E-state index in [2.05, 4.69) is 19.9 Å². The van der Waals surface area contributed by atoms with Gasteiger partial charge in [0.2, 0.25) is 0 Å². The number of aldehydes is 1. The minimum Gasteiger partial charge on any atom is -0.493 e. The van der Waals surface area contributed by atoms with E-state index in [0.717, 1.165) is 28.7 Å². The first-order valence-corrected chi connectivity index (χ1v) is 7.45. The van der Waals surface area contributed by atoms with Crippen LogP contribution in [-0.2, 0) is 0 Å². The number of benzene rings is 1. The van der Waals surface area contributed by atoms with E-state index in [4.69, 9.17) is 4.74 Å². The zero-order valence-electron chi connectivity index (χ0n) is 13.1. The molecule has 2 aromatic heterocycles. The van der Waals surface area contributed by atoms with Crippen molar-refractivity contribution in [1.29, 1.82) is 0 Å². The van der Waals surface area contributed by atoms with Crippen molar-refractivity contribution in [3.63, 3.8) is 0 Å². The Balaban J connectivity index is 2.31. The number of rotatable bonds is 4. The van der Waals surface area contributed by atoms with Gasteiger partial charge in [0.25, 0.3) is 0 Å². The van der Waals surface area contributed by atoms with Gasteiger partial charge in [0.05, 0.1) is 12.3 Å². The highest BCUT2D eigenvalue weighted by Gasteiger charge is 2.16. The molecular weight excluding hydrogens is 274 g/mol. The van der Waals surface area contributed by atoms with Crippen LogP contribution in [-0.4, -0.2) is 17.3 Å². The quantitative estimate of drug-likeness (QED) is 0.666. The fraction of sp³-hybridized carbons (Fsp3) is 0.211. The van der Waals surface area contributed by atoms with Crippen molar-refractivity contribution in [1.82, 2.24) is 4.40 Å². The van der Waals surface area contributed by atoms with Gasteiger partial charge in [-0.1, -0.05) is 6.07 Å². The Morgan fingerprint density at radius 1 is 1.09 bits per heavy atom. The maximum atomic E-state index is 11.6. The maximum absolute atomic E-state index is 11.6.